The summed E-state index contributed by atoms with van der Waals surface area (Å²) < 4.78 is 0. The van der Waals surface area contributed by atoms with E-state index in [2.05, 4.69) is 5.38 Å². The third kappa shape index (κ3) is 4.79. The third-order valence-electron chi connectivity index (χ3n) is 3.84. The van der Waals surface area contributed by atoms with Gasteiger partial charge in [0.2, 0.25) is 11.8 Å². The van der Waals surface area contributed by atoms with Crippen molar-refractivity contribution in [1.82, 2.24) is 14.7 Å². The average Bonchev–Trinajstić information content (AvgIpc) is 3.00. The number of hydrogen-bond donors (Lipinski definition) is 1. The topological polar surface area (TPSA) is 64.1 Å². The molecule has 0 unspecified atom stereocenters. The number of thiophene rings is 1. The van der Waals surface area contributed by atoms with Crippen molar-refractivity contribution in [3.63, 3.8) is 0 Å². The van der Waals surface area contributed by atoms with E-state index in [9.17, 15) is 14.7 Å². The molecule has 2 heterocycles. The number of carbonyl (C=O) groups excluding carboxylic acids is 2. The van der Waals surface area contributed by atoms with Gasteiger partial charge in [0.05, 0.1) is 13.2 Å². The van der Waals surface area contributed by atoms with Crippen LogP contribution in [-0.2, 0) is 16.1 Å². The van der Waals surface area contributed by atoms with Crippen LogP contribution >= 0.6 is 11.3 Å². The zero-order chi connectivity index (χ0) is 15.9. The standard InChI is InChI=1S/C15H23N3O3S/c1-13(20)17-3-5-18(6-4-17)15(21)11-16(7-8-19)10-14-2-9-22-12-14/h2,9,12,19H,3-8,10-11H2,1H3. The summed E-state index contributed by atoms with van der Waals surface area (Å²) >= 11 is 1.63. The Hall–Kier alpha value is -1.44. The second kappa shape index (κ2) is 8.26. The van der Waals surface area contributed by atoms with Crippen LogP contribution in [0.15, 0.2) is 16.8 Å². The number of hydrogen-bond acceptors (Lipinski definition) is 5. The predicted octanol–water partition coefficient (Wildman–Crippen LogP) is 0.233. The number of carbonyl (C=O) groups is 2. The Labute approximate surface area is 134 Å². The van der Waals surface area contributed by atoms with Gasteiger partial charge in [0, 0.05) is 46.2 Å². The van der Waals surface area contributed by atoms with E-state index >= 15 is 0 Å². The van der Waals surface area contributed by atoms with Gasteiger partial charge in [-0.25, -0.2) is 0 Å². The molecule has 6 nitrogen and oxygen atoms in total. The molecule has 1 aliphatic heterocycles. The van der Waals surface area contributed by atoms with Crippen molar-refractivity contribution in [2.45, 2.75) is 13.5 Å². The van der Waals surface area contributed by atoms with E-state index in [1.165, 1.54) is 0 Å². The van der Waals surface area contributed by atoms with E-state index in [1.54, 1.807) is 28.1 Å². The highest BCUT2D eigenvalue weighted by Crippen LogP contribution is 2.10. The molecular formula is C15H23N3O3S. The molecule has 0 spiro atoms. The van der Waals surface area contributed by atoms with Gasteiger partial charge in [-0.05, 0) is 22.4 Å². The molecule has 0 radical (unpaired) electrons. The van der Waals surface area contributed by atoms with E-state index in [1.807, 2.05) is 16.3 Å². The first kappa shape index (κ1) is 16.9. The van der Waals surface area contributed by atoms with Crippen LogP contribution in [0.2, 0.25) is 0 Å². The van der Waals surface area contributed by atoms with Gasteiger partial charge < -0.3 is 14.9 Å². The van der Waals surface area contributed by atoms with Gasteiger partial charge in [0.25, 0.3) is 0 Å². The summed E-state index contributed by atoms with van der Waals surface area (Å²) in [4.78, 5) is 29.2. The minimum atomic E-state index is 0.0372. The molecule has 0 bridgehead atoms. The molecule has 2 rings (SSSR count). The molecule has 0 aromatic carbocycles. The van der Waals surface area contributed by atoms with E-state index in [0.717, 1.165) is 5.56 Å². The number of rotatable bonds is 6. The highest BCUT2D eigenvalue weighted by Gasteiger charge is 2.23. The van der Waals surface area contributed by atoms with Crippen molar-refractivity contribution in [3.8, 4) is 0 Å². The van der Waals surface area contributed by atoms with Crippen LogP contribution in [0.25, 0.3) is 0 Å². The number of piperazine rings is 1. The second-order valence-electron chi connectivity index (χ2n) is 5.45. The number of aliphatic hydroxyl groups is 1. The molecule has 1 saturated heterocycles. The predicted molar refractivity (Wildman–Crippen MR) is 85.5 cm³/mol. The van der Waals surface area contributed by atoms with E-state index in [4.69, 9.17) is 0 Å². The van der Waals surface area contributed by atoms with Crippen LogP contribution in [0.5, 0.6) is 0 Å². The third-order valence-corrected chi connectivity index (χ3v) is 4.57. The maximum atomic E-state index is 12.4. The fourth-order valence-corrected chi connectivity index (χ4v) is 3.22. The van der Waals surface area contributed by atoms with Crippen LogP contribution in [0, 0.1) is 0 Å². The highest BCUT2D eigenvalue weighted by molar-refractivity contribution is 7.07. The summed E-state index contributed by atoms with van der Waals surface area (Å²) in [6.45, 7) is 5.43. The SMILES string of the molecule is CC(=O)N1CCN(C(=O)CN(CCO)Cc2ccsc2)CC1. The molecule has 0 aliphatic carbocycles. The largest absolute Gasteiger partial charge is 0.395 e. The van der Waals surface area contributed by atoms with Crippen molar-refractivity contribution < 1.29 is 14.7 Å². The van der Waals surface area contributed by atoms with Gasteiger partial charge in [-0.15, -0.1) is 0 Å². The number of nitrogens with zero attached hydrogens (tertiary/aromatic N) is 3. The first-order valence-electron chi connectivity index (χ1n) is 7.47. The second-order valence-corrected chi connectivity index (χ2v) is 6.23. The lowest BCUT2D eigenvalue weighted by atomic mass is 10.2. The van der Waals surface area contributed by atoms with E-state index in [0.29, 0.717) is 45.8 Å². The van der Waals surface area contributed by atoms with Crippen molar-refractivity contribution >= 4 is 23.2 Å². The summed E-state index contributed by atoms with van der Waals surface area (Å²) in [5, 5.41) is 13.2. The zero-order valence-electron chi connectivity index (χ0n) is 12.9. The molecule has 7 heteroatoms. The molecule has 22 heavy (non-hydrogen) atoms. The molecule has 0 saturated carbocycles. The van der Waals surface area contributed by atoms with Crippen LogP contribution in [-0.4, -0.2) is 77.5 Å². The van der Waals surface area contributed by atoms with Crippen molar-refractivity contribution in [3.05, 3.63) is 22.4 Å². The molecule has 1 aliphatic rings. The Morgan fingerprint density at radius 3 is 2.50 bits per heavy atom. The minimum absolute atomic E-state index is 0.0372. The monoisotopic (exact) mass is 325 g/mol. The van der Waals surface area contributed by atoms with Crippen molar-refractivity contribution in [1.29, 1.82) is 0 Å². The van der Waals surface area contributed by atoms with Crippen molar-refractivity contribution in [2.75, 3.05) is 45.9 Å². The molecule has 1 aromatic heterocycles. The van der Waals surface area contributed by atoms with E-state index in [-0.39, 0.29) is 18.4 Å². The maximum Gasteiger partial charge on any atom is 0.236 e. The summed E-state index contributed by atoms with van der Waals surface area (Å²) in [6, 6.07) is 2.03. The van der Waals surface area contributed by atoms with Crippen LogP contribution < -0.4 is 0 Å². The van der Waals surface area contributed by atoms with Crippen LogP contribution in [0.1, 0.15) is 12.5 Å². The fraction of sp³-hybridized carbons (Fsp3) is 0.600. The summed E-state index contributed by atoms with van der Waals surface area (Å²) in [7, 11) is 0. The first-order chi connectivity index (χ1) is 10.6. The minimum Gasteiger partial charge on any atom is -0.395 e. The fourth-order valence-electron chi connectivity index (χ4n) is 2.56. The molecule has 122 valence electrons. The van der Waals surface area contributed by atoms with Gasteiger partial charge in [0.1, 0.15) is 0 Å². The van der Waals surface area contributed by atoms with Gasteiger partial charge >= 0.3 is 0 Å². The summed E-state index contributed by atoms with van der Waals surface area (Å²) in [5.41, 5.74) is 1.16. The first-order valence-corrected chi connectivity index (χ1v) is 8.42. The molecule has 1 fully saturated rings. The van der Waals surface area contributed by atoms with Crippen LogP contribution in [0.3, 0.4) is 0 Å². The Balaban J connectivity index is 1.84. The molecule has 2 amide bonds. The van der Waals surface area contributed by atoms with Crippen molar-refractivity contribution in [2.24, 2.45) is 0 Å². The quantitative estimate of drug-likeness (QED) is 0.813. The van der Waals surface area contributed by atoms with Gasteiger partial charge in [-0.1, -0.05) is 0 Å². The number of aliphatic hydroxyl groups excluding tert-OH is 1. The zero-order valence-corrected chi connectivity index (χ0v) is 13.7. The lowest BCUT2D eigenvalue weighted by Gasteiger charge is -2.35. The van der Waals surface area contributed by atoms with Gasteiger partial charge in [0.15, 0.2) is 0 Å². The normalized spacial score (nSPS) is 15.4. The van der Waals surface area contributed by atoms with Gasteiger partial charge in [-0.3, -0.25) is 14.5 Å². The lowest BCUT2D eigenvalue weighted by molar-refractivity contribution is -0.139. The Bertz CT molecular complexity index is 484. The number of amides is 2. The van der Waals surface area contributed by atoms with Crippen LogP contribution in [0.4, 0.5) is 0 Å². The average molecular weight is 325 g/mol. The lowest BCUT2D eigenvalue weighted by Crippen LogP contribution is -2.52. The molecule has 1 N–H and O–H groups in total. The summed E-state index contributed by atoms with van der Waals surface area (Å²) in [6.07, 6.45) is 0. The molecule has 0 atom stereocenters. The Morgan fingerprint density at radius 2 is 1.95 bits per heavy atom. The molecule has 1 aromatic rings. The summed E-state index contributed by atoms with van der Waals surface area (Å²) in [5.74, 6) is 0.123. The molecular weight excluding hydrogens is 302 g/mol. The Morgan fingerprint density at radius 1 is 1.27 bits per heavy atom. The van der Waals surface area contributed by atoms with E-state index < -0.39 is 0 Å². The Kier molecular flexibility index (Phi) is 6.35. The maximum absolute atomic E-state index is 12.4. The smallest absolute Gasteiger partial charge is 0.236 e. The van der Waals surface area contributed by atoms with Gasteiger partial charge in [-0.2, -0.15) is 11.3 Å². The highest BCUT2D eigenvalue weighted by atomic mass is 32.1.